The number of rotatable bonds is 4. The van der Waals surface area contributed by atoms with Gasteiger partial charge in [-0.05, 0) is 25.8 Å². The molecule has 1 aliphatic carbocycles. The molecule has 0 spiro atoms. The van der Waals surface area contributed by atoms with Gasteiger partial charge in [0, 0.05) is 6.04 Å². The molecule has 1 nitrogen and oxygen atoms in total. The number of hydrogen-bond acceptors (Lipinski definition) is 1. The summed E-state index contributed by atoms with van der Waals surface area (Å²) in [5, 5.41) is 0. The maximum atomic E-state index is 5.23. The Morgan fingerprint density at radius 2 is 2.30 bits per heavy atom. The zero-order valence-electron chi connectivity index (χ0n) is 6.64. The molecular weight excluding hydrogens is 122 g/mol. The first kappa shape index (κ1) is 7.63. The van der Waals surface area contributed by atoms with Crippen LogP contribution < -0.4 is 0 Å². The van der Waals surface area contributed by atoms with Crippen LogP contribution in [0.3, 0.4) is 0 Å². The van der Waals surface area contributed by atoms with E-state index >= 15 is 0 Å². The predicted molar refractivity (Wildman–Crippen MR) is 43.7 cm³/mol. The molecule has 0 aromatic carbocycles. The third kappa shape index (κ3) is 2.04. The van der Waals surface area contributed by atoms with Crippen LogP contribution in [-0.4, -0.2) is 24.0 Å². The molecule has 0 aliphatic heterocycles. The van der Waals surface area contributed by atoms with Gasteiger partial charge in [-0.3, -0.25) is 4.90 Å². The van der Waals surface area contributed by atoms with E-state index in [0.29, 0.717) is 0 Å². The van der Waals surface area contributed by atoms with Crippen LogP contribution in [0.4, 0.5) is 0 Å². The summed E-state index contributed by atoms with van der Waals surface area (Å²) in [4.78, 5) is 2.40. The van der Waals surface area contributed by atoms with E-state index in [4.69, 9.17) is 6.42 Å². The molecule has 56 valence electrons. The quantitative estimate of drug-likeness (QED) is 0.531. The Labute approximate surface area is 63.4 Å². The molecule has 0 saturated heterocycles. The van der Waals surface area contributed by atoms with E-state index in [9.17, 15) is 0 Å². The van der Waals surface area contributed by atoms with Gasteiger partial charge in [0.2, 0.25) is 0 Å². The van der Waals surface area contributed by atoms with Crippen molar-refractivity contribution < 1.29 is 0 Å². The van der Waals surface area contributed by atoms with Crippen molar-refractivity contribution in [1.82, 2.24) is 4.90 Å². The summed E-state index contributed by atoms with van der Waals surface area (Å²) in [6, 6.07) is 0.830. The average Bonchev–Trinajstić information content (AvgIpc) is 2.69. The lowest BCUT2D eigenvalue weighted by Crippen LogP contribution is -2.26. The molecule has 1 fully saturated rings. The van der Waals surface area contributed by atoms with E-state index in [1.807, 2.05) is 0 Å². The Hall–Kier alpha value is -0.480. The highest BCUT2D eigenvalue weighted by Gasteiger charge is 2.27. The van der Waals surface area contributed by atoms with Gasteiger partial charge in [0.1, 0.15) is 0 Å². The van der Waals surface area contributed by atoms with Crippen molar-refractivity contribution in [2.24, 2.45) is 0 Å². The van der Waals surface area contributed by atoms with Crippen molar-refractivity contribution in [2.45, 2.75) is 32.2 Å². The summed E-state index contributed by atoms with van der Waals surface area (Å²) < 4.78 is 0. The minimum atomic E-state index is 0.830. The molecular formula is C9H15N. The summed E-state index contributed by atoms with van der Waals surface area (Å²) in [5.74, 6) is 2.70. The highest BCUT2D eigenvalue weighted by Crippen LogP contribution is 2.26. The molecule has 0 aromatic heterocycles. The van der Waals surface area contributed by atoms with Gasteiger partial charge in [0.05, 0.1) is 6.54 Å². The second-order valence-corrected chi connectivity index (χ2v) is 2.91. The Morgan fingerprint density at radius 1 is 1.60 bits per heavy atom. The van der Waals surface area contributed by atoms with Gasteiger partial charge in [-0.1, -0.05) is 12.8 Å². The van der Waals surface area contributed by atoms with Crippen LogP contribution in [0, 0.1) is 12.3 Å². The molecule has 1 rings (SSSR count). The van der Waals surface area contributed by atoms with Crippen molar-refractivity contribution in [3.05, 3.63) is 0 Å². The first-order valence-electron chi connectivity index (χ1n) is 4.06. The van der Waals surface area contributed by atoms with Gasteiger partial charge in [0.15, 0.2) is 0 Å². The topological polar surface area (TPSA) is 3.24 Å². The van der Waals surface area contributed by atoms with Gasteiger partial charge < -0.3 is 0 Å². The summed E-state index contributed by atoms with van der Waals surface area (Å²) in [7, 11) is 0. The first-order valence-corrected chi connectivity index (χ1v) is 4.06. The van der Waals surface area contributed by atoms with Crippen LogP contribution in [-0.2, 0) is 0 Å². The Morgan fingerprint density at radius 3 is 2.70 bits per heavy atom. The van der Waals surface area contributed by atoms with Crippen molar-refractivity contribution in [3.63, 3.8) is 0 Å². The van der Waals surface area contributed by atoms with Crippen LogP contribution in [0.2, 0.25) is 0 Å². The second-order valence-electron chi connectivity index (χ2n) is 2.91. The van der Waals surface area contributed by atoms with E-state index in [1.165, 1.54) is 25.8 Å². The lowest BCUT2D eigenvalue weighted by atomic mass is 10.4. The molecule has 0 unspecified atom stereocenters. The van der Waals surface area contributed by atoms with Gasteiger partial charge in [-0.15, -0.1) is 6.42 Å². The Bertz CT molecular complexity index is 130. The van der Waals surface area contributed by atoms with Crippen LogP contribution in [0.5, 0.6) is 0 Å². The molecule has 0 radical (unpaired) electrons. The lowest BCUT2D eigenvalue weighted by Gasteiger charge is -2.17. The van der Waals surface area contributed by atoms with E-state index in [0.717, 1.165) is 12.6 Å². The maximum Gasteiger partial charge on any atom is 0.0601 e. The third-order valence-corrected chi connectivity index (χ3v) is 1.87. The van der Waals surface area contributed by atoms with E-state index in [2.05, 4.69) is 17.7 Å². The third-order valence-electron chi connectivity index (χ3n) is 1.87. The number of nitrogens with zero attached hydrogens (tertiary/aromatic N) is 1. The standard InChI is InChI=1S/C9H15N/c1-3-7-10(8-4-2)9-5-6-9/h1,9H,4-8H2,2H3. The van der Waals surface area contributed by atoms with Crippen molar-refractivity contribution >= 4 is 0 Å². The van der Waals surface area contributed by atoms with Crippen LogP contribution in [0.25, 0.3) is 0 Å². The molecule has 0 heterocycles. The molecule has 0 aromatic rings. The molecule has 1 aliphatic rings. The molecule has 0 amide bonds. The van der Waals surface area contributed by atoms with Gasteiger partial charge in [-0.25, -0.2) is 0 Å². The normalized spacial score (nSPS) is 17.3. The highest BCUT2D eigenvalue weighted by atomic mass is 15.2. The minimum absolute atomic E-state index is 0.830. The van der Waals surface area contributed by atoms with Crippen LogP contribution in [0.15, 0.2) is 0 Å². The Kier molecular flexibility index (Phi) is 2.77. The Balaban J connectivity index is 2.21. The largest absolute Gasteiger partial charge is 0.289 e. The molecule has 0 atom stereocenters. The first-order chi connectivity index (χ1) is 4.88. The average molecular weight is 137 g/mol. The van der Waals surface area contributed by atoms with Crippen LogP contribution >= 0.6 is 0 Å². The van der Waals surface area contributed by atoms with Gasteiger partial charge >= 0.3 is 0 Å². The fourth-order valence-corrected chi connectivity index (χ4v) is 1.23. The van der Waals surface area contributed by atoms with E-state index in [1.54, 1.807) is 0 Å². The highest BCUT2D eigenvalue weighted by molar-refractivity contribution is 4.94. The number of hydrogen-bond donors (Lipinski definition) is 0. The smallest absolute Gasteiger partial charge is 0.0601 e. The van der Waals surface area contributed by atoms with E-state index < -0.39 is 0 Å². The monoisotopic (exact) mass is 137 g/mol. The maximum absolute atomic E-state index is 5.23. The fourth-order valence-electron chi connectivity index (χ4n) is 1.23. The van der Waals surface area contributed by atoms with Gasteiger partial charge in [-0.2, -0.15) is 0 Å². The van der Waals surface area contributed by atoms with Crippen molar-refractivity contribution in [3.8, 4) is 12.3 Å². The van der Waals surface area contributed by atoms with Crippen molar-refractivity contribution in [1.29, 1.82) is 0 Å². The van der Waals surface area contributed by atoms with Crippen LogP contribution in [0.1, 0.15) is 26.2 Å². The summed E-state index contributed by atoms with van der Waals surface area (Å²) >= 11 is 0. The zero-order valence-corrected chi connectivity index (χ0v) is 6.64. The molecule has 0 bridgehead atoms. The zero-order chi connectivity index (χ0) is 7.40. The SMILES string of the molecule is C#CCN(CCC)C1CC1. The lowest BCUT2D eigenvalue weighted by molar-refractivity contribution is 0.297. The molecule has 0 N–H and O–H groups in total. The van der Waals surface area contributed by atoms with Crippen molar-refractivity contribution in [2.75, 3.05) is 13.1 Å². The minimum Gasteiger partial charge on any atom is -0.289 e. The summed E-state index contributed by atoms with van der Waals surface area (Å²) in [6.45, 7) is 4.22. The van der Waals surface area contributed by atoms with E-state index in [-0.39, 0.29) is 0 Å². The molecule has 10 heavy (non-hydrogen) atoms. The predicted octanol–water partition coefficient (Wildman–Crippen LogP) is 1.49. The fraction of sp³-hybridized carbons (Fsp3) is 0.778. The second kappa shape index (κ2) is 3.63. The summed E-state index contributed by atoms with van der Waals surface area (Å²) in [6.07, 6.45) is 9.18. The summed E-state index contributed by atoms with van der Waals surface area (Å²) in [5.41, 5.74) is 0. The number of terminal acetylenes is 1. The molecule has 1 heteroatoms. The molecule has 1 saturated carbocycles. The van der Waals surface area contributed by atoms with Gasteiger partial charge in [0.25, 0.3) is 0 Å².